The highest BCUT2D eigenvalue weighted by atomic mass is 16.2. The number of nitrogens with zero attached hydrogens (tertiary/aromatic N) is 1. The van der Waals surface area contributed by atoms with E-state index in [2.05, 4.69) is 34.8 Å². The summed E-state index contributed by atoms with van der Waals surface area (Å²) in [7, 11) is 0. The van der Waals surface area contributed by atoms with Crippen LogP contribution in [0.5, 0.6) is 0 Å². The Kier molecular flexibility index (Phi) is 4.29. The zero-order valence-corrected chi connectivity index (χ0v) is 12.1. The maximum absolute atomic E-state index is 12.0. The number of hydrazone groups is 1. The standard InChI is InChI=1S/C18H20N2O/c21-18(16-7-2-1-3-8-16)20-19-13-14-10-11-15-6-4-5-9-17(15)12-14/h4-6,9-13,16H,1-3,7-8H2,(H,20,21)/b19-13-. The van der Waals surface area contributed by atoms with Crippen molar-refractivity contribution < 1.29 is 4.79 Å². The molecule has 1 aliphatic rings. The molecular weight excluding hydrogens is 260 g/mol. The first-order valence-electron chi connectivity index (χ1n) is 7.65. The van der Waals surface area contributed by atoms with Gasteiger partial charge in [0.25, 0.3) is 0 Å². The van der Waals surface area contributed by atoms with Crippen LogP contribution in [0.2, 0.25) is 0 Å². The molecule has 2 aromatic rings. The van der Waals surface area contributed by atoms with Gasteiger partial charge in [0.15, 0.2) is 0 Å². The van der Waals surface area contributed by atoms with Crippen LogP contribution in [0.1, 0.15) is 37.7 Å². The minimum atomic E-state index is 0.0618. The van der Waals surface area contributed by atoms with Crippen LogP contribution in [0, 0.1) is 5.92 Å². The minimum Gasteiger partial charge on any atom is -0.273 e. The Morgan fingerprint density at radius 3 is 2.62 bits per heavy atom. The third-order valence-corrected chi connectivity index (χ3v) is 4.14. The Balaban J connectivity index is 1.63. The Hall–Kier alpha value is -2.16. The zero-order valence-electron chi connectivity index (χ0n) is 12.1. The molecule has 3 rings (SSSR count). The summed E-state index contributed by atoms with van der Waals surface area (Å²) < 4.78 is 0. The highest BCUT2D eigenvalue weighted by Gasteiger charge is 2.20. The molecule has 108 valence electrons. The maximum Gasteiger partial charge on any atom is 0.243 e. The van der Waals surface area contributed by atoms with Gasteiger partial charge >= 0.3 is 0 Å². The first kappa shape index (κ1) is 13.8. The molecule has 1 fully saturated rings. The summed E-state index contributed by atoms with van der Waals surface area (Å²) in [6.45, 7) is 0. The van der Waals surface area contributed by atoms with Crippen molar-refractivity contribution in [2.45, 2.75) is 32.1 Å². The van der Waals surface area contributed by atoms with Gasteiger partial charge in [0, 0.05) is 5.92 Å². The summed E-state index contributed by atoms with van der Waals surface area (Å²) in [4.78, 5) is 12.0. The van der Waals surface area contributed by atoms with Crippen LogP contribution in [0.4, 0.5) is 0 Å². The third kappa shape index (κ3) is 3.48. The molecule has 3 nitrogen and oxygen atoms in total. The molecule has 0 spiro atoms. The molecule has 0 atom stereocenters. The normalized spacial score (nSPS) is 16.4. The van der Waals surface area contributed by atoms with Crippen LogP contribution in [0.25, 0.3) is 10.8 Å². The second kappa shape index (κ2) is 6.53. The van der Waals surface area contributed by atoms with Gasteiger partial charge in [0.05, 0.1) is 6.21 Å². The lowest BCUT2D eigenvalue weighted by molar-refractivity contribution is -0.125. The lowest BCUT2D eigenvalue weighted by Crippen LogP contribution is -2.28. The number of hydrogen-bond acceptors (Lipinski definition) is 2. The van der Waals surface area contributed by atoms with Gasteiger partial charge in [-0.3, -0.25) is 4.79 Å². The molecule has 0 bridgehead atoms. The van der Waals surface area contributed by atoms with Gasteiger partial charge in [-0.05, 0) is 35.2 Å². The summed E-state index contributed by atoms with van der Waals surface area (Å²) in [5, 5.41) is 6.49. The van der Waals surface area contributed by atoms with E-state index >= 15 is 0 Å². The van der Waals surface area contributed by atoms with E-state index in [9.17, 15) is 4.79 Å². The van der Waals surface area contributed by atoms with Gasteiger partial charge in [-0.1, -0.05) is 55.7 Å². The fourth-order valence-electron chi connectivity index (χ4n) is 2.91. The molecular formula is C18H20N2O. The largest absolute Gasteiger partial charge is 0.273 e. The van der Waals surface area contributed by atoms with E-state index in [0.29, 0.717) is 0 Å². The van der Waals surface area contributed by atoms with E-state index in [1.807, 2.05) is 18.2 Å². The summed E-state index contributed by atoms with van der Waals surface area (Å²) in [6.07, 6.45) is 7.28. The number of benzene rings is 2. The van der Waals surface area contributed by atoms with E-state index in [0.717, 1.165) is 31.2 Å². The molecule has 0 aromatic heterocycles. The van der Waals surface area contributed by atoms with Crippen LogP contribution < -0.4 is 5.43 Å². The van der Waals surface area contributed by atoms with Gasteiger partial charge in [-0.2, -0.15) is 5.10 Å². The van der Waals surface area contributed by atoms with E-state index in [-0.39, 0.29) is 11.8 Å². The van der Waals surface area contributed by atoms with Gasteiger partial charge in [0.1, 0.15) is 0 Å². The molecule has 1 N–H and O–H groups in total. The van der Waals surface area contributed by atoms with Crippen molar-refractivity contribution in [2.75, 3.05) is 0 Å². The molecule has 1 amide bonds. The van der Waals surface area contributed by atoms with Crippen LogP contribution in [-0.2, 0) is 4.79 Å². The average molecular weight is 280 g/mol. The summed E-state index contributed by atoms with van der Waals surface area (Å²) in [6, 6.07) is 14.4. The van der Waals surface area contributed by atoms with Crippen molar-refractivity contribution in [1.29, 1.82) is 0 Å². The smallest absolute Gasteiger partial charge is 0.243 e. The molecule has 1 aliphatic carbocycles. The molecule has 21 heavy (non-hydrogen) atoms. The second-order valence-corrected chi connectivity index (χ2v) is 5.68. The average Bonchev–Trinajstić information content (AvgIpc) is 2.55. The van der Waals surface area contributed by atoms with Gasteiger partial charge in [-0.25, -0.2) is 5.43 Å². The first-order valence-corrected chi connectivity index (χ1v) is 7.65. The van der Waals surface area contributed by atoms with Gasteiger partial charge in [0.2, 0.25) is 5.91 Å². The highest BCUT2D eigenvalue weighted by Crippen LogP contribution is 2.23. The van der Waals surface area contributed by atoms with Gasteiger partial charge < -0.3 is 0 Å². The summed E-state index contributed by atoms with van der Waals surface area (Å²) >= 11 is 0. The zero-order chi connectivity index (χ0) is 14.5. The maximum atomic E-state index is 12.0. The fraction of sp³-hybridized carbons (Fsp3) is 0.333. The summed E-state index contributed by atoms with van der Waals surface area (Å²) in [5.41, 5.74) is 3.68. The highest BCUT2D eigenvalue weighted by molar-refractivity contribution is 5.91. The summed E-state index contributed by atoms with van der Waals surface area (Å²) in [5.74, 6) is 0.208. The van der Waals surface area contributed by atoms with Crippen LogP contribution in [0.3, 0.4) is 0 Å². The predicted molar refractivity (Wildman–Crippen MR) is 86.3 cm³/mol. The Labute approximate surface area is 125 Å². The number of rotatable bonds is 3. The van der Waals surface area contributed by atoms with Crippen molar-refractivity contribution >= 4 is 22.9 Å². The molecule has 3 heteroatoms. The number of fused-ring (bicyclic) bond motifs is 1. The van der Waals surface area contributed by atoms with E-state index in [1.54, 1.807) is 6.21 Å². The number of amides is 1. The topological polar surface area (TPSA) is 41.5 Å². The Bertz CT molecular complexity index is 657. The predicted octanol–water partition coefficient (Wildman–Crippen LogP) is 3.87. The molecule has 0 radical (unpaired) electrons. The van der Waals surface area contributed by atoms with Crippen molar-refractivity contribution in [3.8, 4) is 0 Å². The Morgan fingerprint density at radius 2 is 1.81 bits per heavy atom. The minimum absolute atomic E-state index is 0.0618. The van der Waals surface area contributed by atoms with Crippen LogP contribution in [0.15, 0.2) is 47.6 Å². The quantitative estimate of drug-likeness (QED) is 0.673. The Morgan fingerprint density at radius 1 is 1.05 bits per heavy atom. The first-order chi connectivity index (χ1) is 10.3. The number of hydrogen-bond donors (Lipinski definition) is 1. The lowest BCUT2D eigenvalue weighted by atomic mass is 9.89. The van der Waals surface area contributed by atoms with Crippen LogP contribution >= 0.6 is 0 Å². The van der Waals surface area contributed by atoms with Crippen molar-refractivity contribution in [3.63, 3.8) is 0 Å². The number of nitrogens with one attached hydrogen (secondary N) is 1. The second-order valence-electron chi connectivity index (χ2n) is 5.68. The molecule has 0 saturated heterocycles. The SMILES string of the molecule is O=C(N/N=C\c1ccc2ccccc2c1)C1CCCCC1. The lowest BCUT2D eigenvalue weighted by Gasteiger charge is -2.19. The van der Waals surface area contributed by atoms with Crippen molar-refractivity contribution in [3.05, 3.63) is 48.0 Å². The molecule has 0 aliphatic heterocycles. The van der Waals surface area contributed by atoms with Crippen molar-refractivity contribution in [2.24, 2.45) is 11.0 Å². The number of carbonyl (C=O) groups excluding carboxylic acids is 1. The molecule has 2 aromatic carbocycles. The van der Waals surface area contributed by atoms with Crippen molar-refractivity contribution in [1.82, 2.24) is 5.43 Å². The monoisotopic (exact) mass is 280 g/mol. The van der Waals surface area contributed by atoms with E-state index in [4.69, 9.17) is 0 Å². The van der Waals surface area contributed by atoms with E-state index in [1.165, 1.54) is 17.2 Å². The molecule has 0 heterocycles. The van der Waals surface area contributed by atoms with E-state index < -0.39 is 0 Å². The fourth-order valence-corrected chi connectivity index (χ4v) is 2.91. The number of carbonyl (C=O) groups is 1. The van der Waals surface area contributed by atoms with Gasteiger partial charge in [-0.15, -0.1) is 0 Å². The molecule has 0 unspecified atom stereocenters. The van der Waals surface area contributed by atoms with Crippen LogP contribution in [-0.4, -0.2) is 12.1 Å². The third-order valence-electron chi connectivity index (χ3n) is 4.14. The molecule has 1 saturated carbocycles.